The first kappa shape index (κ1) is 8.72. The lowest BCUT2D eigenvalue weighted by Crippen LogP contribution is -2.35. The number of carbonyl (C=O) groups excluding carboxylic acids is 1. The molecular weight excluding hydrogens is 140 g/mol. The summed E-state index contributed by atoms with van der Waals surface area (Å²) < 4.78 is 0. The molecule has 1 aliphatic carbocycles. The molecule has 1 fully saturated rings. The molecule has 1 N–H and O–H groups in total. The van der Waals surface area contributed by atoms with E-state index in [1.807, 2.05) is 0 Å². The van der Waals surface area contributed by atoms with Crippen molar-refractivity contribution < 1.29 is 9.90 Å². The van der Waals surface area contributed by atoms with Crippen molar-refractivity contribution in [2.24, 2.45) is 5.92 Å². The predicted molar refractivity (Wildman–Crippen MR) is 43.3 cm³/mol. The second-order valence-corrected chi connectivity index (χ2v) is 3.57. The van der Waals surface area contributed by atoms with Gasteiger partial charge in [-0.1, -0.05) is 13.3 Å². The van der Waals surface area contributed by atoms with Crippen molar-refractivity contribution in [2.45, 2.75) is 44.6 Å². The first-order chi connectivity index (χ1) is 5.20. The van der Waals surface area contributed by atoms with E-state index in [2.05, 4.69) is 6.92 Å². The molecule has 1 aliphatic rings. The van der Waals surface area contributed by atoms with E-state index in [-0.39, 0.29) is 0 Å². The molecule has 0 atom stereocenters. The summed E-state index contributed by atoms with van der Waals surface area (Å²) in [4.78, 5) is 10.4. The quantitative estimate of drug-likeness (QED) is 0.615. The topological polar surface area (TPSA) is 37.3 Å². The molecule has 1 rings (SSSR count). The van der Waals surface area contributed by atoms with Crippen molar-refractivity contribution in [1.29, 1.82) is 0 Å². The minimum absolute atomic E-state index is 0.662. The molecule has 0 bridgehead atoms. The van der Waals surface area contributed by atoms with E-state index < -0.39 is 5.60 Å². The van der Waals surface area contributed by atoms with Gasteiger partial charge in [0.05, 0.1) is 0 Å². The van der Waals surface area contributed by atoms with Gasteiger partial charge in [0.2, 0.25) is 0 Å². The van der Waals surface area contributed by atoms with Gasteiger partial charge in [-0.05, 0) is 31.6 Å². The molecule has 0 unspecified atom stereocenters. The highest BCUT2D eigenvalue weighted by molar-refractivity contribution is 5.62. The Hall–Kier alpha value is -0.370. The monoisotopic (exact) mass is 156 g/mol. The van der Waals surface area contributed by atoms with Gasteiger partial charge in [-0.3, -0.25) is 0 Å². The zero-order chi connectivity index (χ0) is 8.32. The van der Waals surface area contributed by atoms with Crippen molar-refractivity contribution >= 4 is 6.29 Å². The summed E-state index contributed by atoms with van der Waals surface area (Å²) in [6, 6.07) is 0. The number of aliphatic hydroxyl groups is 1. The Morgan fingerprint density at radius 1 is 1.55 bits per heavy atom. The van der Waals surface area contributed by atoms with Crippen LogP contribution in [0.2, 0.25) is 0 Å². The highest BCUT2D eigenvalue weighted by atomic mass is 16.3. The van der Waals surface area contributed by atoms with E-state index in [0.29, 0.717) is 19.1 Å². The third-order valence-corrected chi connectivity index (χ3v) is 2.77. The molecule has 0 spiro atoms. The first-order valence-electron chi connectivity index (χ1n) is 4.39. The Kier molecular flexibility index (Phi) is 2.66. The van der Waals surface area contributed by atoms with Crippen LogP contribution in [0.3, 0.4) is 0 Å². The molecule has 0 aromatic rings. The van der Waals surface area contributed by atoms with Crippen LogP contribution < -0.4 is 0 Å². The standard InChI is InChI=1S/C9H16O2/c1-2-8-3-5-9(11,7-10)6-4-8/h7-8,11H,2-6H2,1H3. The molecule has 0 amide bonds. The van der Waals surface area contributed by atoms with Gasteiger partial charge in [-0.2, -0.15) is 0 Å². The summed E-state index contributed by atoms with van der Waals surface area (Å²) in [5, 5.41) is 9.53. The van der Waals surface area contributed by atoms with E-state index in [9.17, 15) is 9.90 Å². The van der Waals surface area contributed by atoms with Crippen LogP contribution in [0, 0.1) is 5.92 Å². The van der Waals surface area contributed by atoms with Crippen LogP contribution >= 0.6 is 0 Å². The predicted octanol–water partition coefficient (Wildman–Crippen LogP) is 1.52. The van der Waals surface area contributed by atoms with Crippen molar-refractivity contribution in [3.63, 3.8) is 0 Å². The van der Waals surface area contributed by atoms with Crippen molar-refractivity contribution in [3.05, 3.63) is 0 Å². The molecule has 0 heterocycles. The highest BCUT2D eigenvalue weighted by Gasteiger charge is 2.31. The summed E-state index contributed by atoms with van der Waals surface area (Å²) in [5.41, 5.74) is -0.980. The molecule has 0 radical (unpaired) electrons. The average Bonchev–Trinajstić information content (AvgIpc) is 2.06. The number of hydrogen-bond donors (Lipinski definition) is 1. The highest BCUT2D eigenvalue weighted by Crippen LogP contribution is 2.32. The summed E-state index contributed by atoms with van der Waals surface area (Å²) in [7, 11) is 0. The molecule has 0 aliphatic heterocycles. The fraction of sp³-hybridized carbons (Fsp3) is 0.889. The summed E-state index contributed by atoms with van der Waals surface area (Å²) >= 11 is 0. The summed E-state index contributed by atoms with van der Waals surface area (Å²) in [6.07, 6.45) is 5.22. The number of hydrogen-bond acceptors (Lipinski definition) is 2. The third-order valence-electron chi connectivity index (χ3n) is 2.77. The van der Waals surface area contributed by atoms with E-state index in [4.69, 9.17) is 0 Å². The number of rotatable bonds is 2. The average molecular weight is 156 g/mol. The molecule has 1 saturated carbocycles. The van der Waals surface area contributed by atoms with Gasteiger partial charge in [0, 0.05) is 0 Å². The second kappa shape index (κ2) is 3.35. The molecule has 0 aromatic heterocycles. The van der Waals surface area contributed by atoms with Crippen LogP contribution in [0.4, 0.5) is 0 Å². The maximum atomic E-state index is 10.4. The van der Waals surface area contributed by atoms with E-state index in [1.165, 1.54) is 6.42 Å². The van der Waals surface area contributed by atoms with Gasteiger partial charge in [0.15, 0.2) is 6.29 Å². The molecule has 2 nitrogen and oxygen atoms in total. The van der Waals surface area contributed by atoms with E-state index in [0.717, 1.165) is 18.8 Å². The van der Waals surface area contributed by atoms with Gasteiger partial charge >= 0.3 is 0 Å². The van der Waals surface area contributed by atoms with Crippen LogP contribution in [-0.2, 0) is 4.79 Å². The minimum atomic E-state index is -0.980. The van der Waals surface area contributed by atoms with Gasteiger partial charge in [-0.25, -0.2) is 0 Å². The number of aldehydes is 1. The van der Waals surface area contributed by atoms with Crippen molar-refractivity contribution in [2.75, 3.05) is 0 Å². The second-order valence-electron chi connectivity index (χ2n) is 3.57. The zero-order valence-electron chi connectivity index (χ0n) is 7.05. The third kappa shape index (κ3) is 2.03. The van der Waals surface area contributed by atoms with Crippen LogP contribution in [0.1, 0.15) is 39.0 Å². The van der Waals surface area contributed by atoms with Crippen LogP contribution in [0.15, 0.2) is 0 Å². The van der Waals surface area contributed by atoms with Crippen molar-refractivity contribution in [1.82, 2.24) is 0 Å². The van der Waals surface area contributed by atoms with Gasteiger partial charge in [-0.15, -0.1) is 0 Å². The smallest absolute Gasteiger partial charge is 0.151 e. The Morgan fingerprint density at radius 3 is 2.45 bits per heavy atom. The molecule has 64 valence electrons. The molecular formula is C9H16O2. The van der Waals surface area contributed by atoms with Crippen LogP contribution in [0.5, 0.6) is 0 Å². The Bertz CT molecular complexity index is 134. The minimum Gasteiger partial charge on any atom is -0.382 e. The van der Waals surface area contributed by atoms with Gasteiger partial charge in [0.25, 0.3) is 0 Å². The first-order valence-corrected chi connectivity index (χ1v) is 4.39. The SMILES string of the molecule is CCC1CCC(O)(C=O)CC1. The Morgan fingerprint density at radius 2 is 2.09 bits per heavy atom. The lowest BCUT2D eigenvalue weighted by atomic mass is 9.79. The Labute approximate surface area is 67.6 Å². The summed E-state index contributed by atoms with van der Waals surface area (Å²) in [6.45, 7) is 2.16. The normalized spacial score (nSPS) is 38.5. The maximum absolute atomic E-state index is 10.4. The molecule has 0 saturated heterocycles. The fourth-order valence-corrected chi connectivity index (χ4v) is 1.70. The van der Waals surface area contributed by atoms with Crippen molar-refractivity contribution in [3.8, 4) is 0 Å². The summed E-state index contributed by atoms with van der Waals surface area (Å²) in [5.74, 6) is 0.732. The lowest BCUT2D eigenvalue weighted by molar-refractivity contribution is -0.127. The largest absolute Gasteiger partial charge is 0.382 e. The van der Waals surface area contributed by atoms with Gasteiger partial charge < -0.3 is 9.90 Å². The van der Waals surface area contributed by atoms with Crippen LogP contribution in [0.25, 0.3) is 0 Å². The molecule has 0 aromatic carbocycles. The number of carbonyl (C=O) groups is 1. The lowest BCUT2D eigenvalue weighted by Gasteiger charge is -2.31. The molecule has 11 heavy (non-hydrogen) atoms. The maximum Gasteiger partial charge on any atom is 0.151 e. The fourth-order valence-electron chi connectivity index (χ4n) is 1.70. The van der Waals surface area contributed by atoms with E-state index in [1.54, 1.807) is 0 Å². The van der Waals surface area contributed by atoms with Crippen LogP contribution in [-0.4, -0.2) is 17.0 Å². The molecule has 2 heteroatoms. The van der Waals surface area contributed by atoms with Gasteiger partial charge in [0.1, 0.15) is 5.60 Å². The Balaban J connectivity index is 2.41. The zero-order valence-corrected chi connectivity index (χ0v) is 7.05. The van der Waals surface area contributed by atoms with E-state index >= 15 is 0 Å².